The van der Waals surface area contributed by atoms with Gasteiger partial charge in [-0.05, 0) is 42.0 Å². The van der Waals surface area contributed by atoms with E-state index in [9.17, 15) is 4.79 Å². The molecule has 7 nitrogen and oxygen atoms in total. The molecule has 1 aromatic carbocycles. The summed E-state index contributed by atoms with van der Waals surface area (Å²) in [7, 11) is 1.80. The zero-order chi connectivity index (χ0) is 18.4. The van der Waals surface area contributed by atoms with Gasteiger partial charge in [0.2, 0.25) is 5.82 Å². The Hall–Kier alpha value is -2.80. The zero-order valence-corrected chi connectivity index (χ0v) is 15.1. The SMILES string of the molecule is Cn1nccc1C(=O)C[C@@H]1CCc2cc(-c3noc(C4CCO4)n3)ccc21. The van der Waals surface area contributed by atoms with Gasteiger partial charge >= 0.3 is 0 Å². The van der Waals surface area contributed by atoms with Crippen molar-refractivity contribution >= 4 is 5.78 Å². The summed E-state index contributed by atoms with van der Waals surface area (Å²) in [5.41, 5.74) is 4.13. The van der Waals surface area contributed by atoms with Gasteiger partial charge in [-0.1, -0.05) is 17.3 Å². The van der Waals surface area contributed by atoms with Crippen molar-refractivity contribution in [3.05, 3.63) is 53.2 Å². The number of aryl methyl sites for hydroxylation is 2. The van der Waals surface area contributed by atoms with Gasteiger partial charge in [0, 0.05) is 31.6 Å². The van der Waals surface area contributed by atoms with Crippen LogP contribution in [0.1, 0.15) is 58.8 Å². The highest BCUT2D eigenvalue weighted by molar-refractivity contribution is 5.95. The molecule has 2 aromatic heterocycles. The number of benzene rings is 1. The molecule has 0 radical (unpaired) electrons. The van der Waals surface area contributed by atoms with Gasteiger partial charge in [0.15, 0.2) is 5.78 Å². The number of rotatable bonds is 5. The molecule has 2 aliphatic rings. The highest BCUT2D eigenvalue weighted by Gasteiger charge is 2.28. The van der Waals surface area contributed by atoms with Crippen LogP contribution < -0.4 is 0 Å². The Labute approximate surface area is 156 Å². The van der Waals surface area contributed by atoms with Crippen molar-refractivity contribution in [1.29, 1.82) is 0 Å². The molecule has 1 fully saturated rings. The van der Waals surface area contributed by atoms with Crippen LogP contribution in [0.4, 0.5) is 0 Å². The molecule has 7 heteroatoms. The number of nitrogens with zero attached hydrogens (tertiary/aromatic N) is 4. The summed E-state index contributed by atoms with van der Waals surface area (Å²) < 4.78 is 12.4. The lowest BCUT2D eigenvalue weighted by Gasteiger charge is -2.21. The molecule has 3 aromatic rings. The molecule has 0 bridgehead atoms. The maximum absolute atomic E-state index is 12.6. The van der Waals surface area contributed by atoms with Crippen LogP contribution in [-0.2, 0) is 18.2 Å². The molecular weight excluding hydrogens is 344 g/mol. The van der Waals surface area contributed by atoms with Crippen molar-refractivity contribution < 1.29 is 14.1 Å². The number of carbonyl (C=O) groups excluding carboxylic acids is 1. The number of hydrogen-bond acceptors (Lipinski definition) is 6. The van der Waals surface area contributed by atoms with E-state index in [1.807, 2.05) is 6.07 Å². The minimum atomic E-state index is -0.0527. The van der Waals surface area contributed by atoms with E-state index in [1.165, 1.54) is 11.1 Å². The van der Waals surface area contributed by atoms with Crippen molar-refractivity contribution in [2.45, 2.75) is 37.7 Å². The van der Waals surface area contributed by atoms with Gasteiger partial charge in [-0.15, -0.1) is 0 Å². The first-order valence-electron chi connectivity index (χ1n) is 9.28. The van der Waals surface area contributed by atoms with Crippen LogP contribution in [0.25, 0.3) is 11.4 Å². The number of aromatic nitrogens is 4. The molecule has 1 unspecified atom stereocenters. The monoisotopic (exact) mass is 364 g/mol. The highest BCUT2D eigenvalue weighted by Crippen LogP contribution is 2.38. The number of Topliss-reactive ketones (excluding diaryl/α,β-unsaturated/α-hetero) is 1. The normalized spacial score (nSPS) is 21.1. The van der Waals surface area contributed by atoms with Crippen LogP contribution in [-0.4, -0.2) is 32.3 Å². The Morgan fingerprint density at radius 2 is 2.19 bits per heavy atom. The predicted molar refractivity (Wildman–Crippen MR) is 96.3 cm³/mol. The Balaban J connectivity index is 1.35. The first-order chi connectivity index (χ1) is 13.2. The summed E-state index contributed by atoms with van der Waals surface area (Å²) in [6.07, 6.45) is 4.99. The van der Waals surface area contributed by atoms with E-state index in [-0.39, 0.29) is 17.8 Å². The molecule has 0 spiro atoms. The van der Waals surface area contributed by atoms with Gasteiger partial charge in [-0.25, -0.2) is 0 Å². The van der Waals surface area contributed by atoms with Crippen molar-refractivity contribution in [3.63, 3.8) is 0 Å². The van der Waals surface area contributed by atoms with Gasteiger partial charge in [-0.3, -0.25) is 9.48 Å². The fourth-order valence-electron chi connectivity index (χ4n) is 3.95. The van der Waals surface area contributed by atoms with Crippen LogP contribution >= 0.6 is 0 Å². The van der Waals surface area contributed by atoms with E-state index in [2.05, 4.69) is 27.4 Å². The summed E-state index contributed by atoms with van der Waals surface area (Å²) in [5.74, 6) is 1.54. The average Bonchev–Trinajstić information content (AvgIpc) is 3.33. The second-order valence-electron chi connectivity index (χ2n) is 7.22. The Bertz CT molecular complexity index is 1000. The van der Waals surface area contributed by atoms with Crippen molar-refractivity contribution in [3.8, 4) is 11.4 Å². The molecule has 0 N–H and O–H groups in total. The van der Waals surface area contributed by atoms with Crippen LogP contribution in [0.15, 0.2) is 35.0 Å². The number of ether oxygens (including phenoxy) is 1. The first-order valence-corrected chi connectivity index (χ1v) is 9.28. The van der Waals surface area contributed by atoms with E-state index in [0.717, 1.165) is 31.4 Å². The van der Waals surface area contributed by atoms with E-state index in [4.69, 9.17) is 9.26 Å². The van der Waals surface area contributed by atoms with E-state index in [0.29, 0.717) is 23.8 Å². The zero-order valence-electron chi connectivity index (χ0n) is 15.1. The van der Waals surface area contributed by atoms with Crippen LogP contribution in [0.3, 0.4) is 0 Å². The Morgan fingerprint density at radius 1 is 1.30 bits per heavy atom. The number of ketones is 1. The number of fused-ring (bicyclic) bond motifs is 1. The molecule has 138 valence electrons. The lowest BCUT2D eigenvalue weighted by molar-refractivity contribution is -0.0700. The summed E-state index contributed by atoms with van der Waals surface area (Å²) in [5, 5.41) is 8.19. The molecule has 2 atom stereocenters. The first kappa shape index (κ1) is 16.4. The second-order valence-corrected chi connectivity index (χ2v) is 7.22. The third-order valence-corrected chi connectivity index (χ3v) is 5.56. The van der Waals surface area contributed by atoms with Crippen molar-refractivity contribution in [2.24, 2.45) is 7.05 Å². The molecular formula is C20H20N4O3. The van der Waals surface area contributed by atoms with Crippen molar-refractivity contribution in [1.82, 2.24) is 19.9 Å². The topological polar surface area (TPSA) is 83.0 Å². The van der Waals surface area contributed by atoms with Crippen LogP contribution in [0.5, 0.6) is 0 Å². The lowest BCUT2D eigenvalue weighted by Crippen LogP contribution is -2.18. The van der Waals surface area contributed by atoms with Gasteiger partial charge < -0.3 is 9.26 Å². The minimum Gasteiger partial charge on any atom is -0.368 e. The number of carbonyl (C=O) groups is 1. The molecule has 0 amide bonds. The standard InChI is InChI=1S/C20H20N4O3/c1-24-16(6-8-21-24)17(25)11-13-3-2-12-10-14(4-5-15(12)13)19-22-20(27-23-19)18-7-9-26-18/h4-6,8,10,13,18H,2-3,7,9,11H2,1H3/t13-,18?/m0/s1. The maximum atomic E-state index is 12.6. The molecule has 3 heterocycles. The molecule has 1 aliphatic carbocycles. The lowest BCUT2D eigenvalue weighted by atomic mass is 9.94. The molecule has 27 heavy (non-hydrogen) atoms. The van der Waals surface area contributed by atoms with Crippen LogP contribution in [0.2, 0.25) is 0 Å². The third-order valence-electron chi connectivity index (χ3n) is 5.56. The smallest absolute Gasteiger partial charge is 0.256 e. The molecule has 5 rings (SSSR count). The van der Waals surface area contributed by atoms with Gasteiger partial charge in [-0.2, -0.15) is 10.1 Å². The average molecular weight is 364 g/mol. The summed E-state index contributed by atoms with van der Waals surface area (Å²) in [6.45, 7) is 0.750. The van der Waals surface area contributed by atoms with E-state index >= 15 is 0 Å². The summed E-state index contributed by atoms with van der Waals surface area (Å²) >= 11 is 0. The maximum Gasteiger partial charge on any atom is 0.256 e. The van der Waals surface area contributed by atoms with Crippen molar-refractivity contribution in [2.75, 3.05) is 6.61 Å². The minimum absolute atomic E-state index is 0.0527. The largest absolute Gasteiger partial charge is 0.368 e. The molecule has 1 aliphatic heterocycles. The molecule has 0 saturated carbocycles. The van der Waals surface area contributed by atoms with E-state index < -0.39 is 0 Å². The van der Waals surface area contributed by atoms with E-state index in [1.54, 1.807) is 24.0 Å². The summed E-state index contributed by atoms with van der Waals surface area (Å²) in [4.78, 5) is 17.0. The fourth-order valence-corrected chi connectivity index (χ4v) is 3.95. The second kappa shape index (κ2) is 6.42. The number of hydrogen-bond donors (Lipinski definition) is 0. The third kappa shape index (κ3) is 2.88. The van der Waals surface area contributed by atoms with Crippen LogP contribution in [0, 0.1) is 0 Å². The van der Waals surface area contributed by atoms with Gasteiger partial charge in [0.1, 0.15) is 11.8 Å². The van der Waals surface area contributed by atoms with Gasteiger partial charge in [0.05, 0.1) is 6.61 Å². The Kier molecular flexibility index (Phi) is 3.89. The van der Waals surface area contributed by atoms with Gasteiger partial charge in [0.25, 0.3) is 5.89 Å². The Morgan fingerprint density at radius 3 is 2.93 bits per heavy atom. The predicted octanol–water partition coefficient (Wildman–Crippen LogP) is 3.23. The quantitative estimate of drug-likeness (QED) is 0.646. The fraction of sp³-hybridized carbons (Fsp3) is 0.400. The molecule has 1 saturated heterocycles. The highest BCUT2D eigenvalue weighted by atomic mass is 16.5. The summed E-state index contributed by atoms with van der Waals surface area (Å²) in [6, 6.07) is 8.03.